The van der Waals surface area contributed by atoms with Crippen LogP contribution in [0.5, 0.6) is 0 Å². The Morgan fingerprint density at radius 1 is 0.643 bits per heavy atom. The Bertz CT molecular complexity index is 1110. The minimum atomic E-state index is -5.12. The Morgan fingerprint density at radius 2 is 1.12 bits per heavy atom. The molecule has 8 unspecified atom stereocenters. The summed E-state index contributed by atoms with van der Waals surface area (Å²) in [6.45, 7) is 3.45. The third-order valence-electron chi connectivity index (χ3n) is 10.2. The molecule has 0 saturated heterocycles. The van der Waals surface area contributed by atoms with Gasteiger partial charge in [0.1, 0.15) is 36.6 Å². The first-order valence-electron chi connectivity index (χ1n) is 21.5. The fourth-order valence-electron chi connectivity index (χ4n) is 6.63. The fourth-order valence-corrected chi connectivity index (χ4v) is 7.60. The van der Waals surface area contributed by atoms with Crippen molar-refractivity contribution >= 4 is 13.7 Å². The zero-order valence-corrected chi connectivity index (χ0v) is 35.2. The molecule has 1 aliphatic carbocycles. The number of aliphatic hydroxyl groups excluding tert-OH is 7. The molecule has 0 spiro atoms. The van der Waals surface area contributed by atoms with Gasteiger partial charge in [0.25, 0.3) is 0 Å². The monoisotopic (exact) mass is 820 g/mol. The highest BCUT2D eigenvalue weighted by Gasteiger charge is 2.51. The van der Waals surface area contributed by atoms with Crippen molar-refractivity contribution < 1.29 is 59.0 Å². The number of hydrogen-bond acceptors (Lipinski definition) is 11. The zero-order valence-electron chi connectivity index (χ0n) is 34.3. The average molecular weight is 820 g/mol. The number of hydrogen-bond donors (Lipinski definition) is 9. The quantitative estimate of drug-likeness (QED) is 0.0201. The number of unbranched alkanes of at least 4 members (excludes halogenated alkanes) is 17. The molecule has 1 fully saturated rings. The van der Waals surface area contributed by atoms with Crippen LogP contribution in [0.25, 0.3) is 0 Å². The Morgan fingerprint density at radius 3 is 1.64 bits per heavy atom. The van der Waals surface area contributed by atoms with Crippen LogP contribution in [-0.4, -0.2) is 108 Å². The molecule has 0 aromatic rings. The molecule has 1 amide bonds. The van der Waals surface area contributed by atoms with Crippen molar-refractivity contribution in [3.8, 4) is 0 Å². The van der Waals surface area contributed by atoms with Gasteiger partial charge in [-0.15, -0.1) is 0 Å². The van der Waals surface area contributed by atoms with Gasteiger partial charge in [0, 0.05) is 0 Å². The van der Waals surface area contributed by atoms with E-state index in [-0.39, 0.29) is 6.42 Å². The highest BCUT2D eigenvalue weighted by Crippen LogP contribution is 2.47. The molecule has 8 atom stereocenters. The maximum absolute atomic E-state index is 12.8. The fraction of sp³-hybridized carbons (Fsp3) is 0.833. The molecule has 0 radical (unpaired) electrons. The lowest BCUT2D eigenvalue weighted by molar-refractivity contribution is -0.220. The number of phosphoric ester groups is 1. The van der Waals surface area contributed by atoms with Gasteiger partial charge in [0.05, 0.1) is 31.3 Å². The lowest BCUT2D eigenvalue weighted by Gasteiger charge is -2.41. The summed E-state index contributed by atoms with van der Waals surface area (Å²) in [5.74, 6) is -0.611. The van der Waals surface area contributed by atoms with Crippen LogP contribution in [-0.2, 0) is 18.4 Å². The van der Waals surface area contributed by atoms with E-state index in [1.807, 2.05) is 6.92 Å². The van der Waals surface area contributed by atoms with Crippen LogP contribution in [0, 0.1) is 0 Å². The van der Waals surface area contributed by atoms with Crippen molar-refractivity contribution in [2.45, 2.75) is 216 Å². The number of amides is 1. The number of allylic oxidation sites excluding steroid dienone is 5. The molecule has 0 aromatic heterocycles. The van der Waals surface area contributed by atoms with Crippen molar-refractivity contribution in [2.75, 3.05) is 6.61 Å². The summed E-state index contributed by atoms with van der Waals surface area (Å²) in [5.41, 5.74) is 0. The van der Waals surface area contributed by atoms with E-state index in [0.717, 1.165) is 51.4 Å². The van der Waals surface area contributed by atoms with Crippen LogP contribution >= 0.6 is 7.82 Å². The molecular weight excluding hydrogens is 741 g/mol. The average Bonchev–Trinajstić information content (AvgIpc) is 3.16. The van der Waals surface area contributed by atoms with E-state index in [9.17, 15) is 50.0 Å². The summed E-state index contributed by atoms with van der Waals surface area (Å²) in [4.78, 5) is 23.1. The zero-order chi connectivity index (χ0) is 41.6. The molecule has 0 aliphatic heterocycles. The molecule has 14 heteroatoms. The first-order valence-corrected chi connectivity index (χ1v) is 23.0. The largest absolute Gasteiger partial charge is 0.472 e. The van der Waals surface area contributed by atoms with Crippen molar-refractivity contribution in [1.29, 1.82) is 0 Å². The SMILES string of the molecule is CCC/C=C/C(O)C(COP(=O)(O)OC1C(O)C(O)C(O)C(O)C1O)NC(=O)CC(O)CCCCCCCCC/C=C\C/C=C\CCCCCCCCCCC. The van der Waals surface area contributed by atoms with Gasteiger partial charge in [0.2, 0.25) is 5.91 Å². The molecule has 9 N–H and O–H groups in total. The van der Waals surface area contributed by atoms with E-state index in [4.69, 9.17) is 9.05 Å². The summed E-state index contributed by atoms with van der Waals surface area (Å²) in [6, 6.07) is -1.24. The Hall–Kier alpha value is -1.48. The van der Waals surface area contributed by atoms with Gasteiger partial charge >= 0.3 is 7.82 Å². The van der Waals surface area contributed by atoms with Crippen molar-refractivity contribution in [3.05, 3.63) is 36.5 Å². The Labute approximate surface area is 336 Å². The third kappa shape index (κ3) is 24.4. The molecule has 0 bridgehead atoms. The molecule has 0 aromatic carbocycles. The number of aliphatic hydroxyl groups is 7. The maximum atomic E-state index is 12.8. The summed E-state index contributed by atoms with van der Waals surface area (Å²) in [6.07, 6.45) is 22.5. The van der Waals surface area contributed by atoms with Crippen LogP contribution in [0.4, 0.5) is 0 Å². The normalized spacial score (nSPS) is 24.5. The highest BCUT2D eigenvalue weighted by atomic mass is 31.2. The van der Waals surface area contributed by atoms with Gasteiger partial charge in [-0.2, -0.15) is 0 Å². The minimum Gasteiger partial charge on any atom is -0.393 e. The Kier molecular flexibility index (Phi) is 30.4. The smallest absolute Gasteiger partial charge is 0.393 e. The topological polar surface area (TPSA) is 226 Å². The predicted molar refractivity (Wildman–Crippen MR) is 220 cm³/mol. The molecule has 56 heavy (non-hydrogen) atoms. The summed E-state index contributed by atoms with van der Waals surface area (Å²) >= 11 is 0. The van der Waals surface area contributed by atoms with Crippen molar-refractivity contribution in [1.82, 2.24) is 5.32 Å². The molecule has 328 valence electrons. The van der Waals surface area contributed by atoms with E-state index in [1.165, 1.54) is 83.1 Å². The lowest BCUT2D eigenvalue weighted by atomic mass is 9.85. The molecule has 0 heterocycles. The Balaban J connectivity index is 2.27. The van der Waals surface area contributed by atoms with Gasteiger partial charge in [-0.25, -0.2) is 4.57 Å². The second kappa shape index (κ2) is 32.4. The molecule has 1 aliphatic rings. The lowest BCUT2D eigenvalue weighted by Crippen LogP contribution is -2.64. The molecular formula is C42H78NO12P. The van der Waals surface area contributed by atoms with Crippen LogP contribution in [0.3, 0.4) is 0 Å². The molecule has 1 saturated carbocycles. The highest BCUT2D eigenvalue weighted by molar-refractivity contribution is 7.47. The number of phosphoric acid groups is 1. The van der Waals surface area contributed by atoms with E-state index in [2.05, 4.69) is 36.5 Å². The van der Waals surface area contributed by atoms with Crippen molar-refractivity contribution in [2.24, 2.45) is 0 Å². The minimum absolute atomic E-state index is 0.254. The van der Waals surface area contributed by atoms with E-state index in [0.29, 0.717) is 12.8 Å². The number of carbonyl (C=O) groups is 1. The number of rotatable bonds is 34. The second-order valence-electron chi connectivity index (χ2n) is 15.4. The van der Waals surface area contributed by atoms with Gasteiger partial charge in [0.15, 0.2) is 0 Å². The van der Waals surface area contributed by atoms with Gasteiger partial charge in [-0.3, -0.25) is 13.8 Å². The van der Waals surface area contributed by atoms with Crippen LogP contribution in [0.1, 0.15) is 162 Å². The van der Waals surface area contributed by atoms with Crippen LogP contribution < -0.4 is 5.32 Å². The van der Waals surface area contributed by atoms with Crippen molar-refractivity contribution in [3.63, 3.8) is 0 Å². The maximum Gasteiger partial charge on any atom is 0.472 e. The molecule has 13 nitrogen and oxygen atoms in total. The third-order valence-corrected chi connectivity index (χ3v) is 11.2. The first-order chi connectivity index (χ1) is 26.8. The second-order valence-corrected chi connectivity index (χ2v) is 16.8. The van der Waals surface area contributed by atoms with E-state index >= 15 is 0 Å². The first kappa shape index (κ1) is 52.5. The predicted octanol–water partition coefficient (Wildman–Crippen LogP) is 6.19. The summed E-state index contributed by atoms with van der Waals surface area (Å²) in [5, 5.41) is 73.5. The van der Waals surface area contributed by atoms with Gasteiger partial charge in [-0.05, 0) is 44.9 Å². The van der Waals surface area contributed by atoms with Gasteiger partial charge in [-0.1, -0.05) is 147 Å². The van der Waals surface area contributed by atoms with Crippen LogP contribution in [0.2, 0.25) is 0 Å². The van der Waals surface area contributed by atoms with E-state index in [1.54, 1.807) is 6.08 Å². The number of nitrogens with one attached hydrogen (secondary N) is 1. The summed E-state index contributed by atoms with van der Waals surface area (Å²) in [7, 11) is -5.12. The number of carbonyl (C=O) groups excluding carboxylic acids is 1. The molecule has 1 rings (SSSR count). The van der Waals surface area contributed by atoms with E-state index < -0.39 is 75.2 Å². The summed E-state index contributed by atoms with van der Waals surface area (Å²) < 4.78 is 22.5. The standard InChI is InChI=1S/C42H78NO12P/c1-3-5-7-8-9-10-11-12-13-14-15-16-17-18-19-20-21-22-23-24-25-26-28-29-33(44)31-36(46)43-34(35(45)30-27-6-4-2)32-54-56(52,53)55-42-40(50)38(48)37(47)39(49)41(42)51/h15-16,18-19,27,30,33-35,37-42,44-45,47-51H,3-14,17,20-26,28-29,31-32H2,1-2H3,(H,43,46)(H,52,53)/b16-15-,19-18-,30-27+. The van der Waals surface area contributed by atoms with Gasteiger partial charge < -0.3 is 46.0 Å². The van der Waals surface area contributed by atoms with Crippen LogP contribution in [0.15, 0.2) is 36.5 Å².